The van der Waals surface area contributed by atoms with E-state index in [0.717, 1.165) is 34.9 Å². The number of nitrogens with one attached hydrogen (secondary N) is 2. The smallest absolute Gasteiger partial charge is 0.256 e. The van der Waals surface area contributed by atoms with Gasteiger partial charge in [0.1, 0.15) is 16.9 Å². The zero-order chi connectivity index (χ0) is 16.8. The summed E-state index contributed by atoms with van der Waals surface area (Å²) in [5, 5.41) is 17.6. The number of rotatable bonds is 2. The second kappa shape index (κ2) is 5.81. The lowest BCUT2D eigenvalue weighted by molar-refractivity contribution is 0.0935. The number of carbonyl (C=O) groups is 1. The lowest BCUT2D eigenvalue weighted by atomic mass is 9.85. The molecule has 3 N–H and O–H groups in total. The summed E-state index contributed by atoms with van der Waals surface area (Å²) < 4.78 is 0. The molecule has 2 heterocycles. The van der Waals surface area contributed by atoms with Crippen molar-refractivity contribution in [1.29, 1.82) is 0 Å². The van der Waals surface area contributed by atoms with Crippen LogP contribution < -0.4 is 10.6 Å². The summed E-state index contributed by atoms with van der Waals surface area (Å²) in [6.07, 6.45) is 4.06. The zero-order valence-electron chi connectivity index (χ0n) is 14.0. The zero-order valence-corrected chi connectivity index (χ0v) is 14.8. The number of aromatic hydroxyl groups is 1. The highest BCUT2D eigenvalue weighted by atomic mass is 32.1. The number of benzene rings is 1. The second-order valence-corrected chi connectivity index (χ2v) is 7.94. The first kappa shape index (κ1) is 15.5. The molecule has 0 fully saturated rings. The van der Waals surface area contributed by atoms with Crippen molar-refractivity contribution in [2.75, 3.05) is 5.32 Å². The van der Waals surface area contributed by atoms with Crippen molar-refractivity contribution < 1.29 is 9.90 Å². The Bertz CT molecular complexity index is 812. The quantitative estimate of drug-likeness (QED) is 0.769. The van der Waals surface area contributed by atoms with E-state index in [1.165, 1.54) is 23.3 Å². The Morgan fingerprint density at radius 1 is 1.33 bits per heavy atom. The molecule has 2 unspecified atom stereocenters. The number of thiophene rings is 1. The third-order valence-electron chi connectivity index (χ3n) is 5.22. The summed E-state index contributed by atoms with van der Waals surface area (Å²) in [7, 11) is 0. The Hall–Kier alpha value is -2.01. The predicted octanol–water partition coefficient (Wildman–Crippen LogP) is 4.13. The maximum atomic E-state index is 12.7. The Morgan fingerprint density at radius 3 is 2.92 bits per heavy atom. The number of anilines is 1. The molecule has 0 spiro atoms. The van der Waals surface area contributed by atoms with E-state index >= 15 is 0 Å². The first-order chi connectivity index (χ1) is 11.6. The van der Waals surface area contributed by atoms with Gasteiger partial charge in [0.05, 0.1) is 5.56 Å². The van der Waals surface area contributed by atoms with Crippen LogP contribution in [-0.4, -0.2) is 11.0 Å². The van der Waals surface area contributed by atoms with Gasteiger partial charge in [-0.15, -0.1) is 11.3 Å². The van der Waals surface area contributed by atoms with E-state index in [1.807, 2.05) is 19.1 Å². The van der Waals surface area contributed by atoms with E-state index in [-0.39, 0.29) is 17.8 Å². The van der Waals surface area contributed by atoms with Crippen molar-refractivity contribution in [3.05, 3.63) is 45.3 Å². The molecule has 2 atom stereocenters. The van der Waals surface area contributed by atoms with Crippen LogP contribution in [0.4, 0.5) is 5.00 Å². The average Bonchev–Trinajstić information content (AvgIpc) is 2.92. The highest BCUT2D eigenvalue weighted by Crippen LogP contribution is 2.43. The topological polar surface area (TPSA) is 61.4 Å². The van der Waals surface area contributed by atoms with Crippen LogP contribution in [-0.2, 0) is 12.8 Å². The molecule has 4 nitrogen and oxygen atoms in total. The minimum absolute atomic E-state index is 0.0267. The minimum atomic E-state index is -0.382. The molecule has 5 heteroatoms. The number of phenolic OH excluding ortho intramolecular Hbond substituents is 1. The number of aryl methyl sites for hydroxylation is 1. The van der Waals surface area contributed by atoms with E-state index in [2.05, 4.69) is 17.6 Å². The van der Waals surface area contributed by atoms with E-state index in [1.54, 1.807) is 17.4 Å². The largest absolute Gasteiger partial charge is 0.508 e. The first-order valence-corrected chi connectivity index (χ1v) is 9.40. The molecule has 0 radical (unpaired) electrons. The summed E-state index contributed by atoms with van der Waals surface area (Å²) in [5.41, 5.74) is 3.76. The fourth-order valence-corrected chi connectivity index (χ4v) is 5.16. The van der Waals surface area contributed by atoms with Crippen molar-refractivity contribution in [3.63, 3.8) is 0 Å². The standard InChI is InChI=1S/C19H22N2O2S/c1-3-11-5-7-13-15(9-11)24-19-16(13)18(23)20-17(21-19)12-6-4-10(2)8-14(12)22/h4,6,8,11,17,21-22H,3,5,7,9H2,1-2H3,(H,20,23). The number of carbonyl (C=O) groups excluding carboxylic acids is 1. The Labute approximate surface area is 145 Å². The molecule has 0 saturated heterocycles. The van der Waals surface area contributed by atoms with Crippen molar-refractivity contribution in [3.8, 4) is 5.75 Å². The first-order valence-electron chi connectivity index (χ1n) is 8.58. The van der Waals surface area contributed by atoms with Crippen molar-refractivity contribution >= 4 is 22.2 Å². The van der Waals surface area contributed by atoms with Gasteiger partial charge in [0.2, 0.25) is 0 Å². The molecular weight excluding hydrogens is 320 g/mol. The summed E-state index contributed by atoms with van der Waals surface area (Å²) in [6.45, 7) is 4.18. The molecule has 2 aliphatic rings. The van der Waals surface area contributed by atoms with Crippen LogP contribution in [0.3, 0.4) is 0 Å². The molecule has 2 aromatic rings. The van der Waals surface area contributed by atoms with Gasteiger partial charge in [-0.2, -0.15) is 0 Å². The van der Waals surface area contributed by atoms with Crippen LogP contribution in [0.1, 0.15) is 57.9 Å². The normalized spacial score (nSPS) is 22.3. The van der Waals surface area contributed by atoms with Gasteiger partial charge in [-0.25, -0.2) is 0 Å². The monoisotopic (exact) mass is 342 g/mol. The molecule has 1 aliphatic heterocycles. The van der Waals surface area contributed by atoms with Crippen molar-refractivity contribution in [2.24, 2.45) is 5.92 Å². The summed E-state index contributed by atoms with van der Waals surface area (Å²) in [6, 6.07) is 5.54. The molecule has 4 rings (SSSR count). The molecular formula is C19H22N2O2S. The number of amides is 1. The van der Waals surface area contributed by atoms with Crippen LogP contribution in [0.5, 0.6) is 5.75 Å². The fourth-order valence-electron chi connectivity index (χ4n) is 3.77. The van der Waals surface area contributed by atoms with Gasteiger partial charge in [-0.1, -0.05) is 25.5 Å². The van der Waals surface area contributed by atoms with Gasteiger partial charge in [0.25, 0.3) is 5.91 Å². The number of hydrogen-bond acceptors (Lipinski definition) is 4. The van der Waals surface area contributed by atoms with E-state index in [0.29, 0.717) is 5.56 Å². The summed E-state index contributed by atoms with van der Waals surface area (Å²) >= 11 is 1.71. The van der Waals surface area contributed by atoms with E-state index in [4.69, 9.17) is 0 Å². The van der Waals surface area contributed by atoms with Crippen molar-refractivity contribution in [2.45, 2.75) is 45.7 Å². The number of fused-ring (bicyclic) bond motifs is 3. The van der Waals surface area contributed by atoms with Gasteiger partial charge in [-0.3, -0.25) is 4.79 Å². The third kappa shape index (κ3) is 2.47. The minimum Gasteiger partial charge on any atom is -0.508 e. The molecule has 1 aromatic heterocycles. The van der Waals surface area contributed by atoms with Gasteiger partial charge >= 0.3 is 0 Å². The van der Waals surface area contributed by atoms with Crippen LogP contribution in [0.2, 0.25) is 0 Å². The van der Waals surface area contributed by atoms with Gasteiger partial charge in [0, 0.05) is 10.4 Å². The maximum absolute atomic E-state index is 12.7. The second-order valence-electron chi connectivity index (χ2n) is 6.84. The Balaban J connectivity index is 1.68. The van der Waals surface area contributed by atoms with Crippen molar-refractivity contribution in [1.82, 2.24) is 5.32 Å². The predicted molar refractivity (Wildman–Crippen MR) is 96.8 cm³/mol. The van der Waals surface area contributed by atoms with Gasteiger partial charge in [0.15, 0.2) is 0 Å². The molecule has 1 amide bonds. The van der Waals surface area contributed by atoms with Crippen LogP contribution >= 0.6 is 11.3 Å². The van der Waals surface area contributed by atoms with Gasteiger partial charge in [-0.05, 0) is 49.3 Å². The number of phenols is 1. The highest BCUT2D eigenvalue weighted by Gasteiger charge is 2.34. The van der Waals surface area contributed by atoms with Crippen LogP contribution in [0, 0.1) is 12.8 Å². The molecule has 126 valence electrons. The van der Waals surface area contributed by atoms with Crippen LogP contribution in [0.25, 0.3) is 0 Å². The molecule has 24 heavy (non-hydrogen) atoms. The van der Waals surface area contributed by atoms with E-state index < -0.39 is 0 Å². The lowest BCUT2D eigenvalue weighted by Gasteiger charge is -2.27. The molecule has 1 aliphatic carbocycles. The molecule has 0 bridgehead atoms. The number of hydrogen-bond donors (Lipinski definition) is 3. The maximum Gasteiger partial charge on any atom is 0.256 e. The van der Waals surface area contributed by atoms with E-state index in [9.17, 15) is 9.90 Å². The SMILES string of the molecule is CCC1CCc2c(sc3c2C(=O)NC(c2ccc(C)cc2O)N3)C1. The molecule has 1 aromatic carbocycles. The van der Waals surface area contributed by atoms with Gasteiger partial charge < -0.3 is 15.7 Å². The fraction of sp³-hybridized carbons (Fsp3) is 0.421. The average molecular weight is 342 g/mol. The lowest BCUT2D eigenvalue weighted by Crippen LogP contribution is -2.38. The summed E-state index contributed by atoms with van der Waals surface area (Å²) in [4.78, 5) is 14.1. The highest BCUT2D eigenvalue weighted by molar-refractivity contribution is 7.16. The van der Waals surface area contributed by atoms with Crippen LogP contribution in [0.15, 0.2) is 18.2 Å². The Kier molecular flexibility index (Phi) is 3.76. The Morgan fingerprint density at radius 2 is 2.17 bits per heavy atom. The third-order valence-corrected chi connectivity index (χ3v) is 6.41. The molecule has 0 saturated carbocycles. The summed E-state index contributed by atoms with van der Waals surface area (Å²) in [5.74, 6) is 0.919.